The zero-order chi connectivity index (χ0) is 46.6. The molecule has 1 aliphatic carbocycles. The van der Waals surface area contributed by atoms with E-state index >= 15 is 4.79 Å². The number of carbonyl (C=O) groups excluding carboxylic acids is 2. The first-order valence-electron chi connectivity index (χ1n) is 22.2. The van der Waals surface area contributed by atoms with Gasteiger partial charge in [0.15, 0.2) is 5.60 Å². The number of aliphatic hydroxyl groups is 3. The number of hydrazine groups is 1. The highest BCUT2D eigenvalue weighted by Gasteiger charge is 2.78. The monoisotopic (exact) mass is 871 g/mol. The molecule has 6 heterocycles. The quantitative estimate of drug-likeness (QED) is 0.0333. The Morgan fingerprint density at radius 2 is 1.82 bits per heavy atom. The molecule has 332 valence electrons. The summed E-state index contributed by atoms with van der Waals surface area (Å²) in [5.74, 6) is 3.93. The van der Waals surface area contributed by atoms with Crippen molar-refractivity contribution in [2.75, 3.05) is 58.8 Å². The fourth-order valence-corrected chi connectivity index (χ4v) is 13.1. The molecular weight excluding hydrogens is 811 g/mol. The molecule has 1 spiro atoms. The number of H-pyrrole nitrogens is 1. The van der Waals surface area contributed by atoms with E-state index in [1.807, 2.05) is 67.3 Å². The first kappa shape index (κ1) is 39.7. The highest BCUT2D eigenvalue weighted by molar-refractivity contribution is 7.79. The SMILES string of the molecule is O=S(=O)(O)O.[2H]C([2H])([2H])OC(=O)[C@@]1(c2cc3c(cc2OC)N(C)[C@H]2[C@@](O)(C(=O)[15NH][15NH2])[C@H](O)[C@]4(CC)C=CCN5CC[C@]32[C@@H]54)C[C@H]2CN(CCc3c1[nH]c1ccccc31)C[C@@](O)(CC)C2. The fourth-order valence-electron chi connectivity index (χ4n) is 13.1. The standard InChI is InChI=1S/C43H56N6O7.H2O4S/c1-6-39(53)21-25-22-42(38(52)56-5,33-27(13-17-48(23-25)24-39)26-11-8-9-12-30(26)45-33)29-19-28-31(20-32(29)55-4)47(3)35-41(28)15-18-49-16-10-14-40(7-2,34(41)49)36(50)43(35,54)37(51)46-44;1-5(2,3)4/h8-12,14,19-20,25,34-36,45,50,53-54H,6-7,13,15-18,21-24,44H2,1-5H3,(H,46,51);(H2,1,2,3,4)/t25-,34-,35+,36+,39+,40+,41+,42+,43-;/m0./s1/i5D3,44+1,46+1;. The van der Waals surface area contributed by atoms with E-state index < -0.39 is 68.9 Å². The molecule has 61 heavy (non-hydrogen) atoms. The van der Waals surface area contributed by atoms with Crippen molar-refractivity contribution in [1.82, 2.24) is 20.2 Å². The number of aliphatic hydroxyl groups excluding tert-OH is 1. The Kier molecular flexibility index (Phi) is 9.78. The van der Waals surface area contributed by atoms with Crippen molar-refractivity contribution in [3.8, 4) is 5.75 Å². The van der Waals surface area contributed by atoms with Gasteiger partial charge in [0.2, 0.25) is 0 Å². The van der Waals surface area contributed by atoms with Crippen LogP contribution in [0.5, 0.6) is 5.75 Å². The zero-order valence-corrected chi connectivity index (χ0v) is 35.5. The number of hydrogen-bond donors (Lipinski definition) is 8. The predicted molar refractivity (Wildman–Crippen MR) is 225 cm³/mol. The third kappa shape index (κ3) is 6.19. The number of likely N-dealkylation sites (N-methyl/N-ethyl adjacent to an activating group) is 1. The molecule has 2 saturated heterocycles. The summed E-state index contributed by atoms with van der Waals surface area (Å²) >= 11 is 0. The van der Waals surface area contributed by atoms with Crippen LogP contribution in [0, 0.1) is 11.3 Å². The number of piperidine rings is 1. The average molecular weight is 872 g/mol. The van der Waals surface area contributed by atoms with Crippen LogP contribution < -0.4 is 20.9 Å². The molecule has 2 aromatic carbocycles. The lowest BCUT2D eigenvalue weighted by Gasteiger charge is -2.63. The van der Waals surface area contributed by atoms with Crippen LogP contribution in [0.3, 0.4) is 0 Å². The molecule has 2 bridgehead atoms. The predicted octanol–water partition coefficient (Wildman–Crippen LogP) is 1.58. The highest BCUT2D eigenvalue weighted by Crippen LogP contribution is 2.67. The smallest absolute Gasteiger partial charge is 0.394 e. The van der Waals surface area contributed by atoms with Crippen LogP contribution in [0.4, 0.5) is 5.69 Å². The van der Waals surface area contributed by atoms with E-state index in [9.17, 15) is 20.1 Å². The number of aromatic amines is 1. The second kappa shape index (κ2) is 15.0. The van der Waals surface area contributed by atoms with Gasteiger partial charge in [-0.3, -0.25) is 33.9 Å². The van der Waals surface area contributed by atoms with Crippen molar-refractivity contribution in [1.29, 1.82) is 0 Å². The van der Waals surface area contributed by atoms with Crippen LogP contribution in [-0.4, -0.2) is 143 Å². The lowest BCUT2D eigenvalue weighted by molar-refractivity contribution is -0.203. The zero-order valence-electron chi connectivity index (χ0n) is 37.7. The second-order valence-electron chi connectivity index (χ2n) is 17.9. The van der Waals surface area contributed by atoms with Gasteiger partial charge in [-0.05, 0) is 74.2 Å². The lowest BCUT2D eigenvalue weighted by Crippen LogP contribution is -2.82. The number of rotatable bonds is 6. The van der Waals surface area contributed by atoms with Crippen LogP contribution in [0.15, 0.2) is 48.6 Å². The van der Waals surface area contributed by atoms with Gasteiger partial charge in [0.25, 0.3) is 5.91 Å². The molecule has 0 radical (unpaired) electrons. The summed E-state index contributed by atoms with van der Waals surface area (Å²) in [6.07, 6.45) is 4.74. The number of hydrogen-bond acceptors (Lipinski definition) is 13. The van der Waals surface area contributed by atoms with E-state index in [2.05, 4.69) is 20.2 Å². The van der Waals surface area contributed by atoms with Gasteiger partial charge in [0, 0.05) is 84.0 Å². The van der Waals surface area contributed by atoms with Gasteiger partial charge in [0.05, 0.1) is 29.9 Å². The largest absolute Gasteiger partial charge is 0.496 e. The van der Waals surface area contributed by atoms with E-state index in [-0.39, 0.29) is 24.1 Å². The van der Waals surface area contributed by atoms with Gasteiger partial charge in [-0.1, -0.05) is 44.2 Å². The molecule has 1 unspecified atom stereocenters. The number of carbonyl (C=O) groups is 2. The molecule has 1 saturated carbocycles. The van der Waals surface area contributed by atoms with Gasteiger partial charge < -0.3 is 34.7 Å². The van der Waals surface area contributed by atoms with Gasteiger partial charge in [-0.2, -0.15) is 8.42 Å². The highest BCUT2D eigenvalue weighted by atomic mass is 32.3. The summed E-state index contributed by atoms with van der Waals surface area (Å²) in [6.45, 7) is 6.74. The van der Waals surface area contributed by atoms with Crippen molar-refractivity contribution in [3.63, 3.8) is 0 Å². The molecule has 9 N–H and O–H groups in total. The summed E-state index contributed by atoms with van der Waals surface area (Å²) in [7, 11) is -4.48. The van der Waals surface area contributed by atoms with Crippen LogP contribution >= 0.6 is 0 Å². The molecular formula is C43H58N6O11S. The maximum absolute atomic E-state index is 15.5. The van der Waals surface area contributed by atoms with Crippen LogP contribution in [-0.2, 0) is 42.0 Å². The van der Waals surface area contributed by atoms with Gasteiger partial charge in [-0.25, -0.2) is 5.84 Å². The number of amides is 1. The van der Waals surface area contributed by atoms with E-state index in [0.29, 0.717) is 81.8 Å². The van der Waals surface area contributed by atoms with Gasteiger partial charge >= 0.3 is 16.4 Å². The summed E-state index contributed by atoms with van der Waals surface area (Å²) in [6, 6.07) is 10.1. The van der Waals surface area contributed by atoms with Gasteiger partial charge in [0.1, 0.15) is 17.3 Å². The molecule has 3 aromatic rings. The second-order valence-corrected chi connectivity index (χ2v) is 18.8. The van der Waals surface area contributed by atoms with Crippen molar-refractivity contribution in [2.45, 2.75) is 92.6 Å². The summed E-state index contributed by atoms with van der Waals surface area (Å²) in [4.78, 5) is 39.6. The maximum Gasteiger partial charge on any atom is 0.394 e. The number of para-hydroxylation sites is 1. The minimum absolute atomic E-state index is 0.0807. The molecule has 10 atom stereocenters. The number of fused-ring (bicyclic) bond motifs is 6. The van der Waals surface area contributed by atoms with Crippen LogP contribution in [0.2, 0.25) is 0 Å². The number of methoxy groups -OCH3 is 2. The fraction of sp³-hybridized carbons (Fsp3) is 0.581. The number of aromatic nitrogens is 1. The van der Waals surface area contributed by atoms with Crippen molar-refractivity contribution in [3.05, 3.63) is 70.9 Å². The van der Waals surface area contributed by atoms with E-state index in [1.165, 1.54) is 7.11 Å². The minimum atomic E-state index is -4.67. The molecule has 1 aromatic heterocycles. The molecule has 1 amide bonds. The number of anilines is 1. The molecule has 6 aliphatic rings. The minimum Gasteiger partial charge on any atom is -0.496 e. The third-order valence-electron chi connectivity index (χ3n) is 15.2. The van der Waals surface area contributed by atoms with Gasteiger partial charge in [-0.15, -0.1) is 0 Å². The number of nitrogens with one attached hydrogen (secondary N) is 2. The molecule has 17 nitrogen and oxygen atoms in total. The average Bonchev–Trinajstić information content (AvgIpc) is 3.89. The first-order chi connectivity index (χ1) is 30.0. The topological polar surface area (TPSA) is 251 Å². The Morgan fingerprint density at radius 1 is 1.08 bits per heavy atom. The van der Waals surface area contributed by atoms with Crippen molar-refractivity contribution >= 4 is 38.9 Å². The van der Waals surface area contributed by atoms with Crippen LogP contribution in [0.1, 0.15) is 72.4 Å². The van der Waals surface area contributed by atoms with Crippen molar-refractivity contribution in [2.24, 2.45) is 17.2 Å². The number of nitrogens with zero attached hydrogens (tertiary/aromatic N) is 3. The Labute approximate surface area is 359 Å². The number of nitrogens with two attached hydrogens (primary N) is 1. The Morgan fingerprint density at radius 3 is 2.49 bits per heavy atom. The maximum atomic E-state index is 15.5. The molecule has 9 rings (SSSR count). The molecule has 3 fully saturated rings. The Hall–Kier alpha value is -4.11. The summed E-state index contributed by atoms with van der Waals surface area (Å²) < 4.78 is 68.3. The first-order valence-corrected chi connectivity index (χ1v) is 22.1. The Balaban J connectivity index is 0.00000106. The Bertz CT molecular complexity index is 2500. The van der Waals surface area contributed by atoms with Crippen molar-refractivity contribution < 1.29 is 56.0 Å². The normalized spacial score (nSPS) is 37.2. The molecule has 18 heteroatoms. The summed E-state index contributed by atoms with van der Waals surface area (Å²) in [5.41, 5.74) is -1.26. The number of esters is 1. The lowest BCUT2D eigenvalue weighted by atomic mass is 9.47. The van der Waals surface area contributed by atoms with E-state index in [1.54, 1.807) is 7.05 Å². The van der Waals surface area contributed by atoms with E-state index in [4.69, 9.17) is 37.0 Å². The van der Waals surface area contributed by atoms with E-state index in [0.717, 1.165) is 22.0 Å². The summed E-state index contributed by atoms with van der Waals surface area (Å²) in [5, 5.41) is 38.2. The van der Waals surface area contributed by atoms with Crippen LogP contribution in [0.25, 0.3) is 10.9 Å². The molecule has 5 aliphatic heterocycles. The number of benzene rings is 2. The number of ether oxygens (including phenoxy) is 2. The third-order valence-corrected chi connectivity index (χ3v) is 15.2.